The molecule has 0 radical (unpaired) electrons. The van der Waals surface area contributed by atoms with E-state index < -0.39 is 5.91 Å². The minimum Gasteiger partial charge on any atom is -0.382 e. The molecule has 2 amide bonds. The number of aromatic nitrogens is 1. The molecule has 2 aromatic rings. The number of rotatable bonds is 9. The summed E-state index contributed by atoms with van der Waals surface area (Å²) in [6.45, 7) is 8.49. The van der Waals surface area contributed by atoms with Crippen molar-refractivity contribution in [2.24, 2.45) is 11.7 Å². The molecule has 1 aliphatic heterocycles. The van der Waals surface area contributed by atoms with Gasteiger partial charge < -0.3 is 21.3 Å². The number of aryl methyl sites for hydroxylation is 1. The van der Waals surface area contributed by atoms with Gasteiger partial charge in [0, 0.05) is 47.7 Å². The molecule has 8 nitrogen and oxygen atoms in total. The number of nitrogens with two attached hydrogens (primary N) is 1. The highest BCUT2D eigenvalue weighted by atomic mass is 16.2. The number of pyridine rings is 1. The second kappa shape index (κ2) is 11.3. The van der Waals surface area contributed by atoms with Crippen molar-refractivity contribution in [1.29, 1.82) is 0 Å². The quantitative estimate of drug-likeness (QED) is 0.433. The van der Waals surface area contributed by atoms with E-state index in [2.05, 4.69) is 34.4 Å². The van der Waals surface area contributed by atoms with E-state index in [4.69, 9.17) is 5.73 Å². The number of piperidine rings is 1. The molecule has 8 heteroatoms. The van der Waals surface area contributed by atoms with Crippen molar-refractivity contribution in [3.05, 3.63) is 52.7 Å². The van der Waals surface area contributed by atoms with Crippen molar-refractivity contribution >= 4 is 29.1 Å². The van der Waals surface area contributed by atoms with E-state index in [1.54, 1.807) is 25.3 Å². The first kappa shape index (κ1) is 26.6. The molecule has 3 unspecified atom stereocenters. The number of hydrogen-bond acceptors (Lipinski definition) is 6. The van der Waals surface area contributed by atoms with Crippen LogP contribution < -0.4 is 21.3 Å². The number of carbonyl (C=O) groups is 3. The Morgan fingerprint density at radius 3 is 2.51 bits per heavy atom. The molecule has 3 atom stereocenters. The van der Waals surface area contributed by atoms with Crippen LogP contribution in [0.4, 0.5) is 11.5 Å². The number of anilines is 2. The lowest BCUT2D eigenvalue weighted by atomic mass is 9.92. The van der Waals surface area contributed by atoms with Crippen molar-refractivity contribution in [3.63, 3.8) is 0 Å². The van der Waals surface area contributed by atoms with E-state index in [0.717, 1.165) is 56.5 Å². The smallest absolute Gasteiger partial charge is 0.251 e. The summed E-state index contributed by atoms with van der Waals surface area (Å²) in [5.41, 5.74) is 8.58. The lowest BCUT2D eigenvalue weighted by Gasteiger charge is -2.38. The standard InChI is InChI=1S/C29H39N5O3/c1-5-21(6-2)32-25-15-23(17(3)12-24(25)28(30)36)29(37)33-22-13-19-8-7-11-34(26(19)14-22)27-10-9-20(16-31-27)18(4)35/h9-10,12,15-16,19,21-22,26,32H,5-8,11,13-14H2,1-4H3,(H2,30,36)(H,33,37). The van der Waals surface area contributed by atoms with E-state index in [0.29, 0.717) is 34.3 Å². The summed E-state index contributed by atoms with van der Waals surface area (Å²) in [7, 11) is 0. The van der Waals surface area contributed by atoms with Gasteiger partial charge in [-0.2, -0.15) is 0 Å². The van der Waals surface area contributed by atoms with Crippen LogP contribution >= 0.6 is 0 Å². The first-order chi connectivity index (χ1) is 17.7. The van der Waals surface area contributed by atoms with Gasteiger partial charge in [-0.3, -0.25) is 14.4 Å². The monoisotopic (exact) mass is 505 g/mol. The maximum atomic E-state index is 13.4. The zero-order chi connectivity index (χ0) is 26.7. The number of hydrogen-bond donors (Lipinski definition) is 3. The Morgan fingerprint density at radius 1 is 1.14 bits per heavy atom. The number of nitrogens with zero attached hydrogens (tertiary/aromatic N) is 2. The maximum Gasteiger partial charge on any atom is 0.251 e. The van der Waals surface area contributed by atoms with Gasteiger partial charge in [0.1, 0.15) is 5.82 Å². The molecular weight excluding hydrogens is 466 g/mol. The van der Waals surface area contributed by atoms with Crippen LogP contribution in [0.3, 0.4) is 0 Å². The highest BCUT2D eigenvalue weighted by Crippen LogP contribution is 2.39. The average molecular weight is 506 g/mol. The van der Waals surface area contributed by atoms with Crippen molar-refractivity contribution in [1.82, 2.24) is 10.3 Å². The van der Waals surface area contributed by atoms with Gasteiger partial charge >= 0.3 is 0 Å². The van der Waals surface area contributed by atoms with Crippen LogP contribution in [0.25, 0.3) is 0 Å². The van der Waals surface area contributed by atoms with Crippen LogP contribution in [0.2, 0.25) is 0 Å². The largest absolute Gasteiger partial charge is 0.382 e. The van der Waals surface area contributed by atoms with Gasteiger partial charge in [0.2, 0.25) is 0 Å². The molecule has 0 spiro atoms. The van der Waals surface area contributed by atoms with Gasteiger partial charge in [0.15, 0.2) is 5.78 Å². The van der Waals surface area contributed by atoms with Crippen LogP contribution in [0.1, 0.15) is 95.9 Å². The Hall–Kier alpha value is -3.42. The van der Waals surface area contributed by atoms with E-state index in [-0.39, 0.29) is 23.8 Å². The minimum absolute atomic E-state index is 0.0108. The van der Waals surface area contributed by atoms with Crippen molar-refractivity contribution < 1.29 is 14.4 Å². The summed E-state index contributed by atoms with van der Waals surface area (Å²) >= 11 is 0. The number of ketones is 1. The molecule has 37 heavy (non-hydrogen) atoms. The van der Waals surface area contributed by atoms with Gasteiger partial charge in [0.05, 0.1) is 5.56 Å². The zero-order valence-electron chi connectivity index (χ0n) is 22.3. The normalized spacial score (nSPS) is 21.0. The molecular formula is C29H39N5O3. The Balaban J connectivity index is 1.50. The Labute approximate surface area is 219 Å². The van der Waals surface area contributed by atoms with Crippen molar-refractivity contribution in [2.75, 3.05) is 16.8 Å². The first-order valence-electron chi connectivity index (χ1n) is 13.5. The van der Waals surface area contributed by atoms with Gasteiger partial charge in [-0.05, 0) is 88.1 Å². The first-order valence-corrected chi connectivity index (χ1v) is 13.5. The molecule has 1 saturated carbocycles. The summed E-state index contributed by atoms with van der Waals surface area (Å²) < 4.78 is 0. The molecule has 4 rings (SSSR count). The second-order valence-corrected chi connectivity index (χ2v) is 10.5. The molecule has 1 aliphatic carbocycles. The van der Waals surface area contributed by atoms with Crippen LogP contribution in [-0.4, -0.2) is 47.3 Å². The van der Waals surface area contributed by atoms with Crippen molar-refractivity contribution in [2.45, 2.75) is 84.3 Å². The highest BCUT2D eigenvalue weighted by molar-refractivity contribution is 6.03. The summed E-state index contributed by atoms with van der Waals surface area (Å²) in [5.74, 6) is 0.755. The predicted octanol–water partition coefficient (Wildman–Crippen LogP) is 4.47. The molecule has 1 saturated heterocycles. The Bertz CT molecular complexity index is 1160. The fraction of sp³-hybridized carbons (Fsp3) is 0.517. The number of fused-ring (bicyclic) bond motifs is 1. The van der Waals surface area contributed by atoms with Gasteiger partial charge in [-0.25, -0.2) is 4.98 Å². The third-order valence-electron chi connectivity index (χ3n) is 8.04. The maximum absolute atomic E-state index is 13.4. The Morgan fingerprint density at radius 2 is 1.89 bits per heavy atom. The minimum atomic E-state index is -0.506. The molecule has 1 aromatic carbocycles. The zero-order valence-corrected chi connectivity index (χ0v) is 22.3. The van der Waals surface area contributed by atoms with E-state index >= 15 is 0 Å². The van der Waals surface area contributed by atoms with E-state index in [1.807, 2.05) is 19.1 Å². The SMILES string of the molecule is CCC(CC)Nc1cc(C(=O)NC2CC3CCCN(c4ccc(C(C)=O)cn4)C3C2)c(C)cc1C(N)=O. The van der Waals surface area contributed by atoms with Crippen LogP contribution in [0.15, 0.2) is 30.5 Å². The van der Waals surface area contributed by atoms with Crippen LogP contribution in [0.5, 0.6) is 0 Å². The van der Waals surface area contributed by atoms with Crippen LogP contribution in [-0.2, 0) is 0 Å². The van der Waals surface area contributed by atoms with E-state index in [1.165, 1.54) is 0 Å². The number of carbonyl (C=O) groups excluding carboxylic acids is 3. The lowest BCUT2D eigenvalue weighted by Crippen LogP contribution is -2.43. The molecule has 2 aliphatic rings. The third kappa shape index (κ3) is 5.78. The molecule has 1 aromatic heterocycles. The molecule has 198 valence electrons. The number of Topliss-reactive ketones (excluding diaryl/α,β-unsaturated/α-hetero) is 1. The molecule has 2 fully saturated rings. The lowest BCUT2D eigenvalue weighted by molar-refractivity contribution is 0.0933. The van der Waals surface area contributed by atoms with Gasteiger partial charge in [0.25, 0.3) is 11.8 Å². The second-order valence-electron chi connectivity index (χ2n) is 10.5. The number of nitrogens with one attached hydrogen (secondary N) is 2. The Kier molecular flexibility index (Phi) is 8.15. The topological polar surface area (TPSA) is 117 Å². The number of benzene rings is 1. The fourth-order valence-corrected chi connectivity index (χ4v) is 5.90. The summed E-state index contributed by atoms with van der Waals surface area (Å²) in [6, 6.07) is 7.83. The van der Waals surface area contributed by atoms with Crippen molar-refractivity contribution in [3.8, 4) is 0 Å². The fourth-order valence-electron chi connectivity index (χ4n) is 5.90. The molecule has 4 N–H and O–H groups in total. The third-order valence-corrected chi connectivity index (χ3v) is 8.04. The molecule has 2 heterocycles. The molecule has 0 bridgehead atoms. The van der Waals surface area contributed by atoms with Gasteiger partial charge in [-0.1, -0.05) is 13.8 Å². The predicted molar refractivity (Wildman–Crippen MR) is 146 cm³/mol. The summed E-state index contributed by atoms with van der Waals surface area (Å²) in [4.78, 5) is 44.1. The highest BCUT2D eigenvalue weighted by Gasteiger charge is 2.41. The van der Waals surface area contributed by atoms with Crippen LogP contribution in [0, 0.1) is 12.8 Å². The van der Waals surface area contributed by atoms with Gasteiger partial charge in [-0.15, -0.1) is 0 Å². The number of amides is 2. The number of primary amides is 1. The summed E-state index contributed by atoms with van der Waals surface area (Å²) in [5, 5.41) is 6.68. The average Bonchev–Trinajstić information content (AvgIpc) is 3.30. The van der Waals surface area contributed by atoms with E-state index in [9.17, 15) is 14.4 Å². The summed E-state index contributed by atoms with van der Waals surface area (Å²) in [6.07, 6.45) is 7.45.